The number of hydrogen-bond donors (Lipinski definition) is 3. The average molecular weight is 560 g/mol. The highest BCUT2D eigenvalue weighted by Crippen LogP contribution is 2.27. The Bertz CT molecular complexity index is 1720. The Labute approximate surface area is 244 Å². The molecule has 0 spiro atoms. The Morgan fingerprint density at radius 3 is 2.48 bits per heavy atom. The molecule has 212 valence electrons. The van der Waals surface area contributed by atoms with Gasteiger partial charge in [0.2, 0.25) is 0 Å². The fourth-order valence-electron chi connectivity index (χ4n) is 5.24. The number of carbonyl (C=O) groups is 1. The van der Waals surface area contributed by atoms with Crippen molar-refractivity contribution in [1.82, 2.24) is 5.48 Å². The number of nitrogens with zero attached hydrogens (tertiary/aromatic N) is 1. The Kier molecular flexibility index (Phi) is 8.31. The van der Waals surface area contributed by atoms with Crippen molar-refractivity contribution >= 4 is 44.9 Å². The number of nitrogens with one attached hydrogen (secondary N) is 2. The first-order valence-corrected chi connectivity index (χ1v) is 14.1. The second-order valence-corrected chi connectivity index (χ2v) is 10.3. The molecule has 7 nitrogen and oxygen atoms in total. The lowest BCUT2D eigenvalue weighted by Crippen LogP contribution is -2.36. The zero-order chi connectivity index (χ0) is 28.7. The van der Waals surface area contributed by atoms with Crippen molar-refractivity contribution in [1.29, 1.82) is 0 Å². The van der Waals surface area contributed by atoms with Gasteiger partial charge in [-0.25, -0.2) is 5.48 Å². The van der Waals surface area contributed by atoms with Crippen molar-refractivity contribution < 1.29 is 19.5 Å². The third-order valence-corrected chi connectivity index (χ3v) is 7.53. The Balaban J connectivity index is 1.23. The van der Waals surface area contributed by atoms with Crippen LogP contribution in [0.2, 0.25) is 0 Å². The van der Waals surface area contributed by atoms with Crippen LogP contribution in [0, 0.1) is 0 Å². The van der Waals surface area contributed by atoms with Gasteiger partial charge in [0.05, 0.1) is 13.2 Å². The monoisotopic (exact) mass is 559 g/mol. The predicted octanol–water partition coefficient (Wildman–Crippen LogP) is 6.52. The standard InChI is InChI=1S/C35H33N3O4/c39-35(37-40)29-10-8-25(9-11-29)20-26(24-42-34-7-3-5-28-4-1-2-6-33(28)34)23-36-31-14-12-27-13-15-32(22-30(27)21-31)38-16-18-41-19-17-38/h1-15,20-22,36,40H,16-19,23-24H2,(H,37,39)/b26-20+. The van der Waals surface area contributed by atoms with Crippen LogP contribution < -0.4 is 20.4 Å². The first kappa shape index (κ1) is 27.3. The van der Waals surface area contributed by atoms with Gasteiger partial charge in [-0.05, 0) is 69.8 Å². The summed E-state index contributed by atoms with van der Waals surface area (Å²) in [5, 5.41) is 17.1. The number of hydroxylamine groups is 1. The lowest BCUT2D eigenvalue weighted by molar-refractivity contribution is 0.0706. The quantitative estimate of drug-likeness (QED) is 0.141. The molecule has 6 rings (SSSR count). The molecule has 42 heavy (non-hydrogen) atoms. The summed E-state index contributed by atoms with van der Waals surface area (Å²) in [5.41, 5.74) is 6.25. The SMILES string of the molecule is O=C(NO)c1ccc(/C=C(\CNc2ccc3ccc(N4CCOCC4)cc3c2)COc2cccc3ccccc23)cc1. The fraction of sp³-hybridized carbons (Fsp3) is 0.171. The molecule has 0 aliphatic carbocycles. The smallest absolute Gasteiger partial charge is 0.274 e. The topological polar surface area (TPSA) is 83.1 Å². The lowest BCUT2D eigenvalue weighted by atomic mass is 10.1. The highest BCUT2D eigenvalue weighted by atomic mass is 16.5. The average Bonchev–Trinajstić information content (AvgIpc) is 3.06. The van der Waals surface area contributed by atoms with Crippen LogP contribution in [0.3, 0.4) is 0 Å². The van der Waals surface area contributed by atoms with E-state index >= 15 is 0 Å². The van der Waals surface area contributed by atoms with Crippen LogP contribution in [0.25, 0.3) is 27.6 Å². The van der Waals surface area contributed by atoms with Gasteiger partial charge in [0.25, 0.3) is 5.91 Å². The minimum atomic E-state index is -0.542. The minimum absolute atomic E-state index is 0.383. The molecule has 1 aliphatic heterocycles. The van der Waals surface area contributed by atoms with Gasteiger partial charge in [-0.15, -0.1) is 0 Å². The van der Waals surface area contributed by atoms with E-state index in [1.807, 2.05) is 36.4 Å². The molecule has 7 heteroatoms. The molecule has 1 fully saturated rings. The van der Waals surface area contributed by atoms with Gasteiger partial charge in [-0.2, -0.15) is 0 Å². The van der Waals surface area contributed by atoms with Crippen molar-refractivity contribution in [2.45, 2.75) is 0 Å². The molecule has 0 saturated carbocycles. The van der Waals surface area contributed by atoms with Crippen molar-refractivity contribution in [3.63, 3.8) is 0 Å². The highest BCUT2D eigenvalue weighted by molar-refractivity contribution is 5.93. The van der Waals surface area contributed by atoms with Crippen LogP contribution in [0.1, 0.15) is 15.9 Å². The van der Waals surface area contributed by atoms with E-state index in [4.69, 9.17) is 14.7 Å². The Morgan fingerprint density at radius 2 is 1.64 bits per heavy atom. The lowest BCUT2D eigenvalue weighted by Gasteiger charge is -2.29. The molecular weight excluding hydrogens is 526 g/mol. The number of benzene rings is 5. The molecule has 0 unspecified atom stereocenters. The summed E-state index contributed by atoms with van der Waals surface area (Å²) < 4.78 is 11.9. The maximum absolute atomic E-state index is 11.8. The maximum atomic E-state index is 11.8. The summed E-state index contributed by atoms with van der Waals surface area (Å²) in [6.45, 7) is 4.27. The number of amides is 1. The number of hydrogen-bond acceptors (Lipinski definition) is 6. The van der Waals surface area contributed by atoms with Crippen molar-refractivity contribution in [3.8, 4) is 5.75 Å². The summed E-state index contributed by atoms with van der Waals surface area (Å²) in [6.07, 6.45) is 2.07. The molecule has 1 saturated heterocycles. The molecule has 0 bridgehead atoms. The molecule has 0 atom stereocenters. The molecule has 1 heterocycles. The number of anilines is 2. The van der Waals surface area contributed by atoms with E-state index in [2.05, 4.69) is 70.9 Å². The summed E-state index contributed by atoms with van der Waals surface area (Å²) in [7, 11) is 0. The van der Waals surface area contributed by atoms with E-state index < -0.39 is 5.91 Å². The van der Waals surface area contributed by atoms with E-state index in [0.717, 1.165) is 59.6 Å². The van der Waals surface area contributed by atoms with E-state index in [1.165, 1.54) is 16.5 Å². The van der Waals surface area contributed by atoms with Gasteiger partial charge >= 0.3 is 0 Å². The van der Waals surface area contributed by atoms with Crippen LogP contribution in [0.15, 0.2) is 109 Å². The van der Waals surface area contributed by atoms with E-state index in [-0.39, 0.29) is 0 Å². The number of ether oxygens (including phenoxy) is 2. The van der Waals surface area contributed by atoms with Gasteiger partial charge in [0.15, 0.2) is 0 Å². The molecule has 5 aromatic carbocycles. The third-order valence-electron chi connectivity index (χ3n) is 7.53. The largest absolute Gasteiger partial charge is 0.489 e. The van der Waals surface area contributed by atoms with Crippen molar-refractivity contribution in [2.75, 3.05) is 49.7 Å². The van der Waals surface area contributed by atoms with Crippen LogP contribution in [-0.4, -0.2) is 50.6 Å². The molecule has 0 aromatic heterocycles. The van der Waals surface area contributed by atoms with E-state index in [0.29, 0.717) is 18.7 Å². The summed E-state index contributed by atoms with van der Waals surface area (Å²) >= 11 is 0. The van der Waals surface area contributed by atoms with Gasteiger partial charge in [-0.1, -0.05) is 66.7 Å². The first-order chi connectivity index (χ1) is 20.7. The minimum Gasteiger partial charge on any atom is -0.489 e. The molecule has 1 aliphatic rings. The van der Waals surface area contributed by atoms with Crippen LogP contribution in [-0.2, 0) is 4.74 Å². The summed E-state index contributed by atoms with van der Waals surface area (Å²) in [5.74, 6) is 0.287. The van der Waals surface area contributed by atoms with Gasteiger partial charge < -0.3 is 19.7 Å². The molecular formula is C35H33N3O4. The molecule has 0 radical (unpaired) electrons. The second-order valence-electron chi connectivity index (χ2n) is 10.3. The Hall–Kier alpha value is -4.85. The predicted molar refractivity (Wildman–Crippen MR) is 169 cm³/mol. The zero-order valence-corrected chi connectivity index (χ0v) is 23.3. The highest BCUT2D eigenvalue weighted by Gasteiger charge is 2.12. The van der Waals surface area contributed by atoms with Crippen LogP contribution >= 0.6 is 0 Å². The van der Waals surface area contributed by atoms with Gasteiger partial charge in [-0.3, -0.25) is 10.0 Å². The van der Waals surface area contributed by atoms with Crippen LogP contribution in [0.4, 0.5) is 11.4 Å². The fourth-order valence-corrected chi connectivity index (χ4v) is 5.24. The first-order valence-electron chi connectivity index (χ1n) is 14.1. The van der Waals surface area contributed by atoms with Gasteiger partial charge in [0, 0.05) is 42.0 Å². The molecule has 1 amide bonds. The van der Waals surface area contributed by atoms with E-state index in [9.17, 15) is 4.79 Å². The summed E-state index contributed by atoms with van der Waals surface area (Å²) in [6, 6.07) is 34.4. The second kappa shape index (κ2) is 12.8. The van der Waals surface area contributed by atoms with Crippen LogP contribution in [0.5, 0.6) is 5.75 Å². The number of morpholine rings is 1. The number of carbonyl (C=O) groups excluding carboxylic acids is 1. The van der Waals surface area contributed by atoms with Crippen molar-refractivity contribution in [3.05, 3.63) is 120 Å². The van der Waals surface area contributed by atoms with Crippen molar-refractivity contribution in [2.24, 2.45) is 0 Å². The number of fused-ring (bicyclic) bond motifs is 2. The normalized spacial score (nSPS) is 13.7. The summed E-state index contributed by atoms with van der Waals surface area (Å²) in [4.78, 5) is 14.1. The maximum Gasteiger partial charge on any atom is 0.274 e. The molecule has 5 aromatic rings. The number of rotatable bonds is 9. The van der Waals surface area contributed by atoms with E-state index in [1.54, 1.807) is 17.6 Å². The van der Waals surface area contributed by atoms with Gasteiger partial charge in [0.1, 0.15) is 12.4 Å². The molecule has 3 N–H and O–H groups in total. The Morgan fingerprint density at radius 1 is 0.857 bits per heavy atom. The third kappa shape index (κ3) is 6.38. The zero-order valence-electron chi connectivity index (χ0n) is 23.3.